The van der Waals surface area contributed by atoms with Crippen LogP contribution in [0.3, 0.4) is 0 Å². The van der Waals surface area contributed by atoms with Gasteiger partial charge in [-0.05, 0) is 46.9 Å². The fourth-order valence-electron chi connectivity index (χ4n) is 4.95. The fourth-order valence-corrected chi connectivity index (χ4v) is 4.95. The van der Waals surface area contributed by atoms with Gasteiger partial charge in [-0.15, -0.1) is 0 Å². The highest BCUT2D eigenvalue weighted by atomic mass is 16.5. The number of rotatable bonds is 9. The summed E-state index contributed by atoms with van der Waals surface area (Å²) in [5.74, 6) is -1.22. The smallest absolute Gasteiger partial charge is 0.407 e. The summed E-state index contributed by atoms with van der Waals surface area (Å²) in [4.78, 5) is 36.3. The number of carbonyl (C=O) groups excluding carboxylic acids is 2. The summed E-state index contributed by atoms with van der Waals surface area (Å²) in [6.45, 7) is 2.30. The molecule has 1 fully saturated rings. The number of hydrogen-bond donors (Lipinski definition) is 3. The van der Waals surface area contributed by atoms with E-state index in [1.54, 1.807) is 0 Å². The highest BCUT2D eigenvalue weighted by molar-refractivity contribution is 5.85. The van der Waals surface area contributed by atoms with E-state index < -0.39 is 18.1 Å². The standard InChI is InChI=1S/C26H30N2O5/c1-2-22(24(31)27-16-26(12-7-13-26)14-23(29)30)28-25(32)33-15-21-19-10-5-3-8-17(19)18-9-4-6-11-20(18)21/h3-6,8-11,21-22H,2,7,12-16H2,1H3,(H,27,31)(H,28,32)(H,29,30)/t22-/m1/s1. The lowest BCUT2D eigenvalue weighted by molar-refractivity contribution is -0.142. The highest BCUT2D eigenvalue weighted by Crippen LogP contribution is 2.45. The minimum atomic E-state index is -0.854. The van der Waals surface area contributed by atoms with Gasteiger partial charge in [0.25, 0.3) is 0 Å². The number of alkyl carbamates (subject to hydrolysis) is 1. The van der Waals surface area contributed by atoms with Crippen molar-refractivity contribution >= 4 is 18.0 Å². The number of carboxylic acid groups (broad SMARTS) is 1. The zero-order valence-corrected chi connectivity index (χ0v) is 18.8. The second-order valence-corrected chi connectivity index (χ2v) is 9.07. The molecule has 0 unspecified atom stereocenters. The molecule has 2 aromatic rings. The number of aliphatic carboxylic acids is 1. The Morgan fingerprint density at radius 1 is 1.06 bits per heavy atom. The van der Waals surface area contributed by atoms with E-state index >= 15 is 0 Å². The van der Waals surface area contributed by atoms with E-state index in [0.717, 1.165) is 41.5 Å². The highest BCUT2D eigenvalue weighted by Gasteiger charge is 2.39. The van der Waals surface area contributed by atoms with Crippen molar-refractivity contribution in [2.24, 2.45) is 5.41 Å². The number of amides is 2. The molecule has 0 aliphatic heterocycles. The first-order valence-corrected chi connectivity index (χ1v) is 11.5. The number of benzene rings is 2. The van der Waals surface area contributed by atoms with Crippen molar-refractivity contribution in [3.63, 3.8) is 0 Å². The Kier molecular flexibility index (Phi) is 6.67. The third-order valence-corrected chi connectivity index (χ3v) is 6.94. The molecule has 0 bridgehead atoms. The van der Waals surface area contributed by atoms with Gasteiger partial charge in [0.2, 0.25) is 5.91 Å². The summed E-state index contributed by atoms with van der Waals surface area (Å²) in [5.41, 5.74) is 4.18. The fraction of sp³-hybridized carbons (Fsp3) is 0.423. The van der Waals surface area contributed by atoms with E-state index in [0.29, 0.717) is 13.0 Å². The Morgan fingerprint density at radius 3 is 2.18 bits per heavy atom. The van der Waals surface area contributed by atoms with Crippen molar-refractivity contribution in [2.45, 2.75) is 51.0 Å². The molecular formula is C26H30N2O5. The quantitative estimate of drug-likeness (QED) is 0.534. The van der Waals surface area contributed by atoms with Crippen LogP contribution in [0.2, 0.25) is 0 Å². The van der Waals surface area contributed by atoms with Gasteiger partial charge in [0.15, 0.2) is 0 Å². The second-order valence-electron chi connectivity index (χ2n) is 9.07. The predicted octanol–water partition coefficient (Wildman–Crippen LogP) is 4.06. The van der Waals surface area contributed by atoms with Crippen LogP contribution >= 0.6 is 0 Å². The van der Waals surface area contributed by atoms with Gasteiger partial charge >= 0.3 is 12.1 Å². The minimum absolute atomic E-state index is 0.0455. The van der Waals surface area contributed by atoms with Crippen LogP contribution in [0, 0.1) is 5.41 Å². The second kappa shape index (κ2) is 9.65. The Bertz CT molecular complexity index is 1000. The molecule has 7 nitrogen and oxygen atoms in total. The molecule has 4 rings (SSSR count). The van der Waals surface area contributed by atoms with Crippen molar-refractivity contribution in [2.75, 3.05) is 13.2 Å². The maximum atomic E-state index is 12.6. The Hall–Kier alpha value is -3.35. The third-order valence-electron chi connectivity index (χ3n) is 6.94. The molecule has 0 heterocycles. The van der Waals surface area contributed by atoms with E-state index in [9.17, 15) is 14.4 Å². The maximum absolute atomic E-state index is 12.6. The van der Waals surface area contributed by atoms with Gasteiger partial charge in [-0.1, -0.05) is 61.9 Å². The van der Waals surface area contributed by atoms with Crippen LogP contribution in [0.4, 0.5) is 4.79 Å². The van der Waals surface area contributed by atoms with Crippen molar-refractivity contribution < 1.29 is 24.2 Å². The SMILES string of the molecule is CC[C@@H](NC(=O)OCC1c2ccccc2-c2ccccc21)C(=O)NCC1(CC(=O)O)CCC1. The lowest BCUT2D eigenvalue weighted by Crippen LogP contribution is -2.51. The number of fused-ring (bicyclic) bond motifs is 3. The number of carbonyl (C=O) groups is 3. The summed E-state index contributed by atoms with van der Waals surface area (Å²) < 4.78 is 5.54. The minimum Gasteiger partial charge on any atom is -0.481 e. The van der Waals surface area contributed by atoms with Gasteiger partial charge < -0.3 is 20.5 Å². The number of nitrogens with one attached hydrogen (secondary N) is 2. The van der Waals surface area contributed by atoms with Gasteiger partial charge in [-0.25, -0.2) is 4.79 Å². The molecule has 1 atom stereocenters. The molecule has 7 heteroatoms. The Morgan fingerprint density at radius 2 is 1.67 bits per heavy atom. The number of hydrogen-bond acceptors (Lipinski definition) is 4. The molecular weight excluding hydrogens is 420 g/mol. The molecule has 174 valence electrons. The van der Waals surface area contributed by atoms with E-state index in [1.165, 1.54) is 0 Å². The first-order valence-electron chi connectivity index (χ1n) is 11.5. The van der Waals surface area contributed by atoms with Crippen LogP contribution in [-0.4, -0.2) is 42.3 Å². The lowest BCUT2D eigenvalue weighted by Gasteiger charge is -2.41. The van der Waals surface area contributed by atoms with Crippen molar-refractivity contribution in [1.29, 1.82) is 0 Å². The van der Waals surface area contributed by atoms with Crippen LogP contribution in [0.1, 0.15) is 56.1 Å². The van der Waals surface area contributed by atoms with E-state index in [4.69, 9.17) is 9.84 Å². The summed E-state index contributed by atoms with van der Waals surface area (Å²) in [6, 6.07) is 15.5. The van der Waals surface area contributed by atoms with Crippen LogP contribution in [-0.2, 0) is 14.3 Å². The monoisotopic (exact) mass is 450 g/mol. The Labute approximate surface area is 193 Å². The molecule has 33 heavy (non-hydrogen) atoms. The van der Waals surface area contributed by atoms with Crippen LogP contribution in [0.25, 0.3) is 11.1 Å². The van der Waals surface area contributed by atoms with E-state index in [1.807, 2.05) is 31.2 Å². The molecule has 2 amide bonds. The largest absolute Gasteiger partial charge is 0.481 e. The van der Waals surface area contributed by atoms with E-state index in [2.05, 4.69) is 34.9 Å². The molecule has 0 aromatic heterocycles. The van der Waals surface area contributed by atoms with E-state index in [-0.39, 0.29) is 30.3 Å². The van der Waals surface area contributed by atoms with Crippen LogP contribution < -0.4 is 10.6 Å². The zero-order valence-electron chi connectivity index (χ0n) is 18.8. The Balaban J connectivity index is 1.32. The summed E-state index contributed by atoms with van der Waals surface area (Å²) in [6.07, 6.45) is 2.36. The van der Waals surface area contributed by atoms with Crippen molar-refractivity contribution in [3.05, 3.63) is 59.7 Å². The summed E-state index contributed by atoms with van der Waals surface area (Å²) in [5, 5.41) is 14.6. The lowest BCUT2D eigenvalue weighted by atomic mass is 9.66. The van der Waals surface area contributed by atoms with Gasteiger partial charge in [-0.3, -0.25) is 9.59 Å². The first-order chi connectivity index (χ1) is 15.9. The first kappa shape index (κ1) is 22.8. The summed E-state index contributed by atoms with van der Waals surface area (Å²) in [7, 11) is 0. The average Bonchev–Trinajstić information content (AvgIpc) is 3.11. The number of carboxylic acids is 1. The zero-order chi connectivity index (χ0) is 23.4. The maximum Gasteiger partial charge on any atom is 0.407 e. The molecule has 2 aliphatic carbocycles. The molecule has 3 N–H and O–H groups in total. The molecule has 1 saturated carbocycles. The van der Waals surface area contributed by atoms with Crippen molar-refractivity contribution in [3.8, 4) is 11.1 Å². The predicted molar refractivity (Wildman–Crippen MR) is 124 cm³/mol. The molecule has 2 aromatic carbocycles. The number of ether oxygens (including phenoxy) is 1. The van der Waals surface area contributed by atoms with Gasteiger partial charge in [0, 0.05) is 12.5 Å². The molecule has 0 radical (unpaired) electrons. The molecule has 0 saturated heterocycles. The average molecular weight is 451 g/mol. The molecule has 0 spiro atoms. The van der Waals surface area contributed by atoms with Crippen LogP contribution in [0.15, 0.2) is 48.5 Å². The van der Waals surface area contributed by atoms with Crippen molar-refractivity contribution in [1.82, 2.24) is 10.6 Å². The summed E-state index contributed by atoms with van der Waals surface area (Å²) >= 11 is 0. The van der Waals surface area contributed by atoms with Gasteiger partial charge in [0.05, 0.1) is 6.42 Å². The third kappa shape index (κ3) is 4.87. The topological polar surface area (TPSA) is 105 Å². The molecule has 2 aliphatic rings. The van der Waals surface area contributed by atoms with Crippen LogP contribution in [0.5, 0.6) is 0 Å². The normalized spacial score (nSPS) is 16.6. The van der Waals surface area contributed by atoms with Gasteiger partial charge in [-0.2, -0.15) is 0 Å². The van der Waals surface area contributed by atoms with Gasteiger partial charge in [0.1, 0.15) is 12.6 Å².